The molecule has 0 radical (unpaired) electrons. The van der Waals surface area contributed by atoms with E-state index in [2.05, 4.69) is 23.5 Å². The summed E-state index contributed by atoms with van der Waals surface area (Å²) >= 11 is 4.20. The van der Waals surface area contributed by atoms with Crippen LogP contribution in [0, 0.1) is 0 Å². The van der Waals surface area contributed by atoms with Crippen LogP contribution in [0.3, 0.4) is 0 Å². The topological polar surface area (TPSA) is 18.5 Å². The second-order valence-electron chi connectivity index (χ2n) is 4.54. The van der Waals surface area contributed by atoms with E-state index in [-0.39, 0.29) is 5.79 Å². The summed E-state index contributed by atoms with van der Waals surface area (Å²) in [5, 5.41) is 0. The van der Waals surface area contributed by atoms with Gasteiger partial charge in [0.15, 0.2) is 5.79 Å². The summed E-state index contributed by atoms with van der Waals surface area (Å²) in [5.41, 5.74) is 0. The van der Waals surface area contributed by atoms with E-state index in [1.807, 2.05) is 13.8 Å². The second-order valence-corrected chi connectivity index (χ2v) is 7.46. The number of ether oxygens (including phenoxy) is 2. The Morgan fingerprint density at radius 1 is 1.27 bits per heavy atom. The third-order valence-electron chi connectivity index (χ3n) is 2.69. The Morgan fingerprint density at radius 3 is 2.67 bits per heavy atom. The zero-order valence-electron chi connectivity index (χ0n) is 9.53. The van der Waals surface area contributed by atoms with Gasteiger partial charge in [-0.3, -0.25) is 0 Å². The molecular formula is C11H20O2S2. The van der Waals surface area contributed by atoms with E-state index in [4.69, 9.17) is 9.47 Å². The van der Waals surface area contributed by atoms with Crippen LogP contribution in [0.4, 0.5) is 0 Å². The molecule has 0 aliphatic carbocycles. The first-order valence-electron chi connectivity index (χ1n) is 5.71. The highest BCUT2D eigenvalue weighted by molar-refractivity contribution is 8.17. The number of hydrogen-bond acceptors (Lipinski definition) is 4. The van der Waals surface area contributed by atoms with E-state index in [0.29, 0.717) is 6.10 Å². The van der Waals surface area contributed by atoms with Crippen molar-refractivity contribution in [1.82, 2.24) is 0 Å². The van der Waals surface area contributed by atoms with Crippen LogP contribution < -0.4 is 0 Å². The first kappa shape index (κ1) is 12.1. The molecule has 0 spiro atoms. The molecule has 2 heterocycles. The van der Waals surface area contributed by atoms with Gasteiger partial charge in [0.2, 0.25) is 0 Å². The third kappa shape index (κ3) is 3.84. The number of rotatable bonds is 2. The van der Waals surface area contributed by atoms with Gasteiger partial charge in [-0.1, -0.05) is 0 Å². The van der Waals surface area contributed by atoms with E-state index in [1.165, 1.54) is 24.3 Å². The van der Waals surface area contributed by atoms with Gasteiger partial charge < -0.3 is 9.47 Å². The van der Waals surface area contributed by atoms with E-state index < -0.39 is 0 Å². The summed E-state index contributed by atoms with van der Waals surface area (Å²) in [4.78, 5) is 0. The highest BCUT2D eigenvalue weighted by Crippen LogP contribution is 2.36. The number of thioether (sulfide) groups is 2. The Balaban J connectivity index is 1.78. The van der Waals surface area contributed by atoms with Crippen molar-refractivity contribution in [2.75, 3.05) is 18.1 Å². The lowest BCUT2D eigenvalue weighted by molar-refractivity contribution is -0.273. The Labute approximate surface area is 101 Å². The Morgan fingerprint density at radius 2 is 2.00 bits per heavy atom. The summed E-state index contributed by atoms with van der Waals surface area (Å²) < 4.78 is 12.2. The van der Waals surface area contributed by atoms with Gasteiger partial charge in [-0.15, -0.1) is 23.5 Å². The standard InChI is InChI=1S/C11H20O2S2/c1-11(2)12-5-4-9(13-11)8-10-14-6-3-7-15-10/h9-10H,3-8H2,1-2H3. The molecule has 0 bridgehead atoms. The van der Waals surface area contributed by atoms with E-state index in [1.54, 1.807) is 0 Å². The zero-order chi connectivity index (χ0) is 10.7. The van der Waals surface area contributed by atoms with Crippen LogP contribution in [-0.4, -0.2) is 34.6 Å². The molecular weight excluding hydrogens is 228 g/mol. The summed E-state index contributed by atoms with van der Waals surface area (Å²) in [6.45, 7) is 4.88. The molecule has 2 saturated heterocycles. The normalized spacial score (nSPS) is 32.8. The fraction of sp³-hybridized carbons (Fsp3) is 1.00. The van der Waals surface area contributed by atoms with Crippen LogP contribution in [0.5, 0.6) is 0 Å². The molecule has 2 aliphatic heterocycles. The van der Waals surface area contributed by atoms with Crippen molar-refractivity contribution in [3.8, 4) is 0 Å². The average Bonchev–Trinajstić information content (AvgIpc) is 2.17. The monoisotopic (exact) mass is 248 g/mol. The average molecular weight is 248 g/mol. The van der Waals surface area contributed by atoms with Gasteiger partial charge in [-0.05, 0) is 44.6 Å². The van der Waals surface area contributed by atoms with Crippen molar-refractivity contribution in [1.29, 1.82) is 0 Å². The number of hydrogen-bond donors (Lipinski definition) is 0. The highest BCUT2D eigenvalue weighted by atomic mass is 32.2. The molecule has 4 heteroatoms. The minimum atomic E-state index is -0.368. The molecule has 15 heavy (non-hydrogen) atoms. The molecule has 2 nitrogen and oxygen atoms in total. The van der Waals surface area contributed by atoms with Gasteiger partial charge in [0.1, 0.15) is 0 Å². The molecule has 0 aromatic heterocycles. The molecule has 1 atom stereocenters. The molecule has 2 aliphatic rings. The third-order valence-corrected chi connectivity index (χ3v) is 5.69. The van der Waals surface area contributed by atoms with Crippen molar-refractivity contribution in [3.05, 3.63) is 0 Å². The van der Waals surface area contributed by atoms with E-state index >= 15 is 0 Å². The maximum absolute atomic E-state index is 5.93. The smallest absolute Gasteiger partial charge is 0.163 e. The van der Waals surface area contributed by atoms with Crippen LogP contribution in [0.15, 0.2) is 0 Å². The quantitative estimate of drug-likeness (QED) is 0.747. The first-order chi connectivity index (χ1) is 7.16. The molecule has 0 amide bonds. The minimum Gasteiger partial charge on any atom is -0.350 e. The predicted molar refractivity (Wildman–Crippen MR) is 67.5 cm³/mol. The first-order valence-corrected chi connectivity index (χ1v) is 7.80. The van der Waals surface area contributed by atoms with Gasteiger partial charge in [0, 0.05) is 0 Å². The maximum Gasteiger partial charge on any atom is 0.163 e. The van der Waals surface area contributed by atoms with E-state index in [9.17, 15) is 0 Å². The van der Waals surface area contributed by atoms with Crippen LogP contribution >= 0.6 is 23.5 Å². The van der Waals surface area contributed by atoms with Gasteiger partial charge in [-0.25, -0.2) is 0 Å². The molecule has 2 fully saturated rings. The van der Waals surface area contributed by atoms with Crippen molar-refractivity contribution in [3.63, 3.8) is 0 Å². The molecule has 1 unspecified atom stereocenters. The Bertz CT molecular complexity index is 203. The van der Waals surface area contributed by atoms with Crippen LogP contribution in [-0.2, 0) is 9.47 Å². The fourth-order valence-electron chi connectivity index (χ4n) is 1.98. The Kier molecular flexibility index (Phi) is 4.27. The van der Waals surface area contributed by atoms with Crippen molar-refractivity contribution in [2.45, 2.75) is 49.6 Å². The van der Waals surface area contributed by atoms with Gasteiger partial charge in [0.25, 0.3) is 0 Å². The molecule has 0 aromatic rings. The SMILES string of the molecule is CC1(C)OCCC(CC2SCCCS2)O1. The van der Waals surface area contributed by atoms with Gasteiger partial charge in [0.05, 0.1) is 17.3 Å². The van der Waals surface area contributed by atoms with Crippen molar-refractivity contribution in [2.24, 2.45) is 0 Å². The van der Waals surface area contributed by atoms with Crippen LogP contribution in [0.1, 0.15) is 33.1 Å². The second kappa shape index (κ2) is 5.30. The van der Waals surface area contributed by atoms with Crippen LogP contribution in [0.2, 0.25) is 0 Å². The minimum absolute atomic E-state index is 0.368. The summed E-state index contributed by atoms with van der Waals surface area (Å²) in [6, 6.07) is 0. The Hall–Kier alpha value is 0.620. The highest BCUT2D eigenvalue weighted by Gasteiger charge is 2.31. The molecule has 88 valence electrons. The van der Waals surface area contributed by atoms with Crippen LogP contribution in [0.25, 0.3) is 0 Å². The largest absolute Gasteiger partial charge is 0.350 e. The lowest BCUT2D eigenvalue weighted by atomic mass is 10.1. The fourth-order valence-corrected chi connectivity index (χ4v) is 4.98. The molecule has 2 rings (SSSR count). The summed E-state index contributed by atoms with van der Waals surface area (Å²) in [5.74, 6) is 2.28. The molecule has 0 N–H and O–H groups in total. The van der Waals surface area contributed by atoms with Crippen molar-refractivity contribution >= 4 is 23.5 Å². The van der Waals surface area contributed by atoms with E-state index in [0.717, 1.165) is 17.6 Å². The maximum atomic E-state index is 5.93. The van der Waals surface area contributed by atoms with Gasteiger partial charge >= 0.3 is 0 Å². The van der Waals surface area contributed by atoms with Crippen molar-refractivity contribution < 1.29 is 9.47 Å². The lowest BCUT2D eigenvalue weighted by Crippen LogP contribution is -2.40. The summed E-state index contributed by atoms with van der Waals surface area (Å²) in [6.07, 6.45) is 4.01. The zero-order valence-corrected chi connectivity index (χ0v) is 11.2. The predicted octanol–water partition coefficient (Wildman–Crippen LogP) is 3.11. The molecule has 0 saturated carbocycles. The molecule has 0 aromatic carbocycles. The van der Waals surface area contributed by atoms with Gasteiger partial charge in [-0.2, -0.15) is 0 Å². The lowest BCUT2D eigenvalue weighted by Gasteiger charge is -2.37. The summed E-state index contributed by atoms with van der Waals surface area (Å²) in [7, 11) is 0.